The van der Waals surface area contributed by atoms with E-state index in [9.17, 15) is 9.18 Å². The minimum absolute atomic E-state index is 0.0526. The number of halogens is 2. The summed E-state index contributed by atoms with van der Waals surface area (Å²) >= 11 is 5.53. The Balaban J connectivity index is 2.95. The highest BCUT2D eigenvalue weighted by molar-refractivity contribution is 6.30. The Morgan fingerprint density at radius 3 is 2.73 bits per heavy atom. The molecule has 82 valence electrons. The van der Waals surface area contributed by atoms with Crippen molar-refractivity contribution in [2.24, 2.45) is 5.73 Å². The fourth-order valence-corrected chi connectivity index (χ4v) is 1.01. The van der Waals surface area contributed by atoms with Crippen molar-refractivity contribution in [1.82, 2.24) is 4.98 Å². The average Bonchev–Trinajstić information content (AvgIpc) is 2.09. The second-order valence-corrected chi connectivity index (χ2v) is 4.03. The number of rotatable bonds is 3. The number of anilines is 1. The minimum atomic E-state index is -1.07. The van der Waals surface area contributed by atoms with Crippen molar-refractivity contribution in [3.8, 4) is 0 Å². The lowest BCUT2D eigenvalue weighted by Gasteiger charge is -2.22. The molecule has 1 heterocycles. The van der Waals surface area contributed by atoms with Crippen LogP contribution in [0.1, 0.15) is 13.8 Å². The lowest BCUT2D eigenvalue weighted by atomic mass is 10.1. The molecule has 1 amide bonds. The van der Waals surface area contributed by atoms with Gasteiger partial charge in [0.2, 0.25) is 5.91 Å². The molecule has 1 aromatic heterocycles. The number of carbonyl (C=O) groups is 1. The number of carbonyl (C=O) groups excluding carboxylic acids is 1. The monoisotopic (exact) mass is 231 g/mol. The summed E-state index contributed by atoms with van der Waals surface area (Å²) in [7, 11) is 0. The van der Waals surface area contributed by atoms with Crippen molar-refractivity contribution in [3.63, 3.8) is 0 Å². The first kappa shape index (κ1) is 11.7. The molecule has 6 heteroatoms. The summed E-state index contributed by atoms with van der Waals surface area (Å²) in [5.41, 5.74) is 4.05. The second-order valence-electron chi connectivity index (χ2n) is 3.60. The van der Waals surface area contributed by atoms with Crippen LogP contribution < -0.4 is 11.1 Å². The number of hydrogen-bond acceptors (Lipinski definition) is 3. The van der Waals surface area contributed by atoms with Gasteiger partial charge in [-0.2, -0.15) is 0 Å². The average molecular weight is 232 g/mol. The third kappa shape index (κ3) is 2.79. The van der Waals surface area contributed by atoms with Crippen LogP contribution >= 0.6 is 11.6 Å². The maximum Gasteiger partial charge on any atom is 0.242 e. The summed E-state index contributed by atoms with van der Waals surface area (Å²) in [6.45, 7) is 3.07. The number of pyridine rings is 1. The number of primary amides is 1. The Morgan fingerprint density at radius 1 is 1.67 bits per heavy atom. The van der Waals surface area contributed by atoms with Gasteiger partial charge in [-0.1, -0.05) is 11.6 Å². The van der Waals surface area contributed by atoms with Crippen LogP contribution in [0.4, 0.5) is 10.2 Å². The van der Waals surface area contributed by atoms with E-state index in [2.05, 4.69) is 10.3 Å². The van der Waals surface area contributed by atoms with E-state index in [1.807, 2.05) is 0 Å². The van der Waals surface area contributed by atoms with Crippen LogP contribution in [0.15, 0.2) is 12.3 Å². The van der Waals surface area contributed by atoms with Gasteiger partial charge < -0.3 is 11.1 Å². The van der Waals surface area contributed by atoms with E-state index in [0.29, 0.717) is 0 Å². The molecule has 0 unspecified atom stereocenters. The molecule has 0 spiro atoms. The molecule has 0 radical (unpaired) electrons. The summed E-state index contributed by atoms with van der Waals surface area (Å²) < 4.78 is 13.3. The largest absolute Gasteiger partial charge is 0.368 e. The second kappa shape index (κ2) is 4.02. The molecule has 0 atom stereocenters. The summed E-state index contributed by atoms with van der Waals surface area (Å²) in [5, 5.41) is 2.78. The van der Waals surface area contributed by atoms with Gasteiger partial charge in [-0.05, 0) is 19.9 Å². The normalized spacial score (nSPS) is 11.2. The Bertz CT molecular complexity index is 395. The van der Waals surface area contributed by atoms with E-state index in [4.69, 9.17) is 17.3 Å². The van der Waals surface area contributed by atoms with E-state index in [-0.39, 0.29) is 10.8 Å². The highest BCUT2D eigenvalue weighted by atomic mass is 35.5. The summed E-state index contributed by atoms with van der Waals surface area (Å²) in [6.07, 6.45) is 1.28. The van der Waals surface area contributed by atoms with E-state index in [0.717, 1.165) is 6.07 Å². The van der Waals surface area contributed by atoms with E-state index in [1.165, 1.54) is 20.0 Å². The molecule has 0 saturated carbocycles. The fraction of sp³-hybridized carbons (Fsp3) is 0.333. The zero-order valence-corrected chi connectivity index (χ0v) is 9.10. The smallest absolute Gasteiger partial charge is 0.242 e. The molecule has 1 rings (SSSR count). The van der Waals surface area contributed by atoms with Crippen LogP contribution in [0.25, 0.3) is 0 Å². The van der Waals surface area contributed by atoms with E-state index < -0.39 is 17.3 Å². The van der Waals surface area contributed by atoms with Gasteiger partial charge in [-0.25, -0.2) is 9.37 Å². The number of nitrogens with one attached hydrogen (secondary N) is 1. The van der Waals surface area contributed by atoms with Crippen molar-refractivity contribution in [2.45, 2.75) is 19.4 Å². The molecule has 1 aromatic rings. The first-order valence-electron chi connectivity index (χ1n) is 4.22. The molecule has 0 aliphatic heterocycles. The Kier molecular flexibility index (Phi) is 3.14. The van der Waals surface area contributed by atoms with Gasteiger partial charge in [-0.3, -0.25) is 4.79 Å². The summed E-state index contributed by atoms with van der Waals surface area (Å²) in [4.78, 5) is 14.7. The predicted molar refractivity (Wildman–Crippen MR) is 56.1 cm³/mol. The van der Waals surface area contributed by atoms with E-state index >= 15 is 0 Å². The van der Waals surface area contributed by atoms with Crippen LogP contribution in [0.5, 0.6) is 0 Å². The first-order valence-corrected chi connectivity index (χ1v) is 4.60. The minimum Gasteiger partial charge on any atom is -0.368 e. The quantitative estimate of drug-likeness (QED) is 0.829. The Hall–Kier alpha value is -1.36. The maximum atomic E-state index is 13.3. The molecular weight excluding hydrogens is 221 g/mol. The molecule has 0 saturated heterocycles. The molecule has 0 fully saturated rings. The highest BCUT2D eigenvalue weighted by Crippen LogP contribution is 2.19. The van der Waals surface area contributed by atoms with Crippen molar-refractivity contribution in [3.05, 3.63) is 23.1 Å². The van der Waals surface area contributed by atoms with Crippen molar-refractivity contribution < 1.29 is 9.18 Å². The van der Waals surface area contributed by atoms with Crippen molar-refractivity contribution >= 4 is 23.3 Å². The van der Waals surface area contributed by atoms with Gasteiger partial charge in [0.05, 0.1) is 5.02 Å². The van der Waals surface area contributed by atoms with Gasteiger partial charge in [0.15, 0.2) is 11.6 Å². The van der Waals surface area contributed by atoms with Crippen molar-refractivity contribution in [2.75, 3.05) is 5.32 Å². The van der Waals surface area contributed by atoms with E-state index in [1.54, 1.807) is 0 Å². The molecule has 0 bridgehead atoms. The molecule has 4 nitrogen and oxygen atoms in total. The Morgan fingerprint density at radius 2 is 2.27 bits per heavy atom. The van der Waals surface area contributed by atoms with Gasteiger partial charge in [0.25, 0.3) is 0 Å². The standard InChI is InChI=1S/C9H11ClFN3O/c1-9(2,8(12)15)14-7-6(11)3-5(10)4-13-7/h3-4H,1-2H3,(H2,12,15)(H,13,14). The molecule has 0 aliphatic rings. The zero-order valence-electron chi connectivity index (χ0n) is 8.34. The maximum absolute atomic E-state index is 13.3. The molecule has 0 aromatic carbocycles. The molecule has 3 N–H and O–H groups in total. The number of hydrogen-bond donors (Lipinski definition) is 2. The zero-order chi connectivity index (χ0) is 11.6. The number of aromatic nitrogens is 1. The number of amides is 1. The SMILES string of the molecule is CC(C)(Nc1ncc(Cl)cc1F)C(N)=O. The predicted octanol–water partition coefficient (Wildman–Crippen LogP) is 1.55. The first-order chi connectivity index (χ1) is 6.83. The van der Waals surface area contributed by atoms with Gasteiger partial charge in [0, 0.05) is 6.20 Å². The third-order valence-electron chi connectivity index (χ3n) is 1.85. The topological polar surface area (TPSA) is 68.0 Å². The lowest BCUT2D eigenvalue weighted by Crippen LogP contribution is -2.45. The van der Waals surface area contributed by atoms with Crippen LogP contribution in [0, 0.1) is 5.82 Å². The van der Waals surface area contributed by atoms with Crippen LogP contribution in [0.3, 0.4) is 0 Å². The molecular formula is C9H11ClFN3O. The summed E-state index contributed by atoms with van der Waals surface area (Å²) in [6, 6.07) is 1.11. The Labute approximate surface area is 91.6 Å². The van der Waals surface area contributed by atoms with Crippen LogP contribution in [-0.2, 0) is 4.79 Å². The highest BCUT2D eigenvalue weighted by Gasteiger charge is 2.26. The fourth-order valence-electron chi connectivity index (χ4n) is 0.864. The van der Waals surface area contributed by atoms with Crippen LogP contribution in [0.2, 0.25) is 5.02 Å². The van der Waals surface area contributed by atoms with Gasteiger partial charge in [-0.15, -0.1) is 0 Å². The summed E-state index contributed by atoms with van der Waals surface area (Å²) in [5.74, 6) is -1.28. The molecule has 0 aliphatic carbocycles. The lowest BCUT2D eigenvalue weighted by molar-refractivity contribution is -0.121. The van der Waals surface area contributed by atoms with Crippen LogP contribution in [-0.4, -0.2) is 16.4 Å². The molecule has 15 heavy (non-hydrogen) atoms. The number of nitrogens with two attached hydrogens (primary N) is 1. The van der Waals surface area contributed by atoms with Gasteiger partial charge >= 0.3 is 0 Å². The number of nitrogens with zero attached hydrogens (tertiary/aromatic N) is 1. The van der Waals surface area contributed by atoms with Crippen molar-refractivity contribution in [1.29, 1.82) is 0 Å². The third-order valence-corrected chi connectivity index (χ3v) is 2.06. The van der Waals surface area contributed by atoms with Gasteiger partial charge in [0.1, 0.15) is 5.54 Å².